The molecular formula is C19H22Cl2N2O. The molecule has 0 aliphatic heterocycles. The van der Waals surface area contributed by atoms with Gasteiger partial charge >= 0.3 is 0 Å². The van der Waals surface area contributed by atoms with Crippen LogP contribution in [0.5, 0.6) is 0 Å². The summed E-state index contributed by atoms with van der Waals surface area (Å²) in [7, 11) is 0. The standard InChI is InChI=1S/C19H22Cl2N2O/c1-12(2)18(14-7-5-4-6-8-14)22-13(3)19(24)23-17-10-9-15(20)11-16(17)21/h4-13,18,22H,1-3H3,(H,23,24)/t13-,18-/m0/s1. The predicted molar refractivity (Wildman–Crippen MR) is 102 cm³/mol. The van der Waals surface area contributed by atoms with Gasteiger partial charge in [-0.05, 0) is 36.6 Å². The van der Waals surface area contributed by atoms with Crippen LogP contribution in [0.1, 0.15) is 32.4 Å². The maximum absolute atomic E-state index is 12.5. The predicted octanol–water partition coefficient (Wildman–Crippen LogP) is 5.31. The third kappa shape index (κ3) is 4.97. The molecule has 2 rings (SSSR count). The highest BCUT2D eigenvalue weighted by molar-refractivity contribution is 6.36. The summed E-state index contributed by atoms with van der Waals surface area (Å²) >= 11 is 12.0. The first-order chi connectivity index (χ1) is 11.4. The van der Waals surface area contributed by atoms with Gasteiger partial charge in [0, 0.05) is 11.1 Å². The number of carbonyl (C=O) groups is 1. The molecule has 128 valence electrons. The smallest absolute Gasteiger partial charge is 0.241 e. The normalized spacial score (nSPS) is 13.6. The van der Waals surface area contributed by atoms with E-state index < -0.39 is 0 Å². The van der Waals surface area contributed by atoms with Gasteiger partial charge in [0.05, 0.1) is 16.8 Å². The average Bonchev–Trinajstić information content (AvgIpc) is 2.55. The maximum Gasteiger partial charge on any atom is 0.241 e. The Morgan fingerprint density at radius 2 is 1.67 bits per heavy atom. The fourth-order valence-corrected chi connectivity index (χ4v) is 2.97. The lowest BCUT2D eigenvalue weighted by molar-refractivity contribution is -0.118. The second kappa shape index (κ2) is 8.52. The van der Waals surface area contributed by atoms with Crippen LogP contribution < -0.4 is 10.6 Å². The molecule has 2 aromatic rings. The first-order valence-electron chi connectivity index (χ1n) is 7.95. The highest BCUT2D eigenvalue weighted by Crippen LogP contribution is 2.26. The summed E-state index contributed by atoms with van der Waals surface area (Å²) < 4.78 is 0. The van der Waals surface area contributed by atoms with Gasteiger partial charge in [-0.1, -0.05) is 67.4 Å². The number of anilines is 1. The molecule has 0 spiro atoms. The van der Waals surface area contributed by atoms with E-state index in [1.807, 2.05) is 25.1 Å². The summed E-state index contributed by atoms with van der Waals surface area (Å²) in [4.78, 5) is 12.5. The second-order valence-electron chi connectivity index (χ2n) is 6.13. The van der Waals surface area contributed by atoms with E-state index in [4.69, 9.17) is 23.2 Å². The van der Waals surface area contributed by atoms with Gasteiger partial charge < -0.3 is 5.32 Å². The van der Waals surface area contributed by atoms with Crippen LogP contribution in [-0.4, -0.2) is 11.9 Å². The van der Waals surface area contributed by atoms with Crippen molar-refractivity contribution < 1.29 is 4.79 Å². The number of rotatable bonds is 6. The van der Waals surface area contributed by atoms with Gasteiger partial charge in [-0.3, -0.25) is 10.1 Å². The summed E-state index contributed by atoms with van der Waals surface area (Å²) in [5.74, 6) is 0.211. The lowest BCUT2D eigenvalue weighted by Gasteiger charge is -2.26. The quantitative estimate of drug-likeness (QED) is 0.729. The highest BCUT2D eigenvalue weighted by atomic mass is 35.5. The number of carbonyl (C=O) groups excluding carboxylic acids is 1. The molecule has 0 radical (unpaired) electrons. The fourth-order valence-electron chi connectivity index (χ4n) is 2.51. The van der Waals surface area contributed by atoms with E-state index in [1.165, 1.54) is 0 Å². The Labute approximate surface area is 153 Å². The Bertz CT molecular complexity index is 689. The molecule has 0 fully saturated rings. The lowest BCUT2D eigenvalue weighted by atomic mass is 9.95. The minimum absolute atomic E-state index is 0.0904. The van der Waals surface area contributed by atoms with Crippen LogP contribution in [0.25, 0.3) is 0 Å². The van der Waals surface area contributed by atoms with E-state index in [0.717, 1.165) is 5.56 Å². The maximum atomic E-state index is 12.5. The van der Waals surface area contributed by atoms with Gasteiger partial charge in [0.1, 0.15) is 0 Å². The molecule has 1 amide bonds. The number of benzene rings is 2. The summed E-state index contributed by atoms with van der Waals surface area (Å²) in [6.07, 6.45) is 0. The molecule has 0 aromatic heterocycles. The molecule has 3 nitrogen and oxygen atoms in total. The first-order valence-corrected chi connectivity index (χ1v) is 8.71. The number of amides is 1. The molecule has 0 heterocycles. The third-order valence-corrected chi connectivity index (χ3v) is 4.39. The van der Waals surface area contributed by atoms with Gasteiger partial charge in [-0.15, -0.1) is 0 Å². The van der Waals surface area contributed by atoms with Gasteiger partial charge in [-0.25, -0.2) is 0 Å². The number of hydrogen-bond acceptors (Lipinski definition) is 2. The Morgan fingerprint density at radius 1 is 1.00 bits per heavy atom. The molecule has 2 atom stereocenters. The highest BCUT2D eigenvalue weighted by Gasteiger charge is 2.22. The summed E-state index contributed by atoms with van der Waals surface area (Å²) in [5, 5.41) is 7.20. The van der Waals surface area contributed by atoms with Crippen molar-refractivity contribution >= 4 is 34.8 Å². The molecule has 0 saturated carbocycles. The van der Waals surface area contributed by atoms with Crippen molar-refractivity contribution in [3.05, 3.63) is 64.1 Å². The van der Waals surface area contributed by atoms with Gasteiger partial charge in [0.25, 0.3) is 0 Å². The molecule has 0 aliphatic rings. The van der Waals surface area contributed by atoms with Crippen molar-refractivity contribution in [2.75, 3.05) is 5.32 Å². The Kier molecular flexibility index (Phi) is 6.67. The van der Waals surface area contributed by atoms with Crippen molar-refractivity contribution in [3.63, 3.8) is 0 Å². The third-order valence-electron chi connectivity index (χ3n) is 3.84. The summed E-state index contributed by atoms with van der Waals surface area (Å²) in [6, 6.07) is 14.9. The van der Waals surface area contributed by atoms with E-state index in [-0.39, 0.29) is 18.0 Å². The van der Waals surface area contributed by atoms with Gasteiger partial charge in [0.2, 0.25) is 5.91 Å². The van der Waals surface area contributed by atoms with Crippen LogP contribution in [0.15, 0.2) is 48.5 Å². The van der Waals surface area contributed by atoms with Gasteiger partial charge in [-0.2, -0.15) is 0 Å². The topological polar surface area (TPSA) is 41.1 Å². The second-order valence-corrected chi connectivity index (χ2v) is 6.98. The molecule has 0 unspecified atom stereocenters. The van der Waals surface area contributed by atoms with Gasteiger partial charge in [0.15, 0.2) is 0 Å². The number of nitrogens with one attached hydrogen (secondary N) is 2. The molecule has 2 aromatic carbocycles. The van der Waals surface area contributed by atoms with Crippen LogP contribution in [-0.2, 0) is 4.79 Å². The number of hydrogen-bond donors (Lipinski definition) is 2. The van der Waals surface area contributed by atoms with Crippen molar-refractivity contribution in [3.8, 4) is 0 Å². The molecular weight excluding hydrogens is 343 g/mol. The van der Waals surface area contributed by atoms with Crippen LogP contribution >= 0.6 is 23.2 Å². The van der Waals surface area contributed by atoms with Crippen molar-refractivity contribution in [2.45, 2.75) is 32.9 Å². The SMILES string of the molecule is CC(C)[C@H](N[C@@H](C)C(=O)Nc1ccc(Cl)cc1Cl)c1ccccc1. The zero-order valence-corrected chi connectivity index (χ0v) is 15.5. The zero-order valence-electron chi connectivity index (χ0n) is 14.0. The Balaban J connectivity index is 2.06. The molecule has 0 aliphatic carbocycles. The van der Waals surface area contributed by atoms with Crippen molar-refractivity contribution in [2.24, 2.45) is 5.92 Å². The van der Waals surface area contributed by atoms with Crippen LogP contribution in [0.4, 0.5) is 5.69 Å². The average molecular weight is 365 g/mol. The molecule has 0 saturated heterocycles. The van der Waals surface area contributed by atoms with E-state index in [0.29, 0.717) is 21.7 Å². The summed E-state index contributed by atoms with van der Waals surface area (Å²) in [5.41, 5.74) is 1.72. The molecule has 24 heavy (non-hydrogen) atoms. The monoisotopic (exact) mass is 364 g/mol. The zero-order chi connectivity index (χ0) is 17.7. The van der Waals surface area contributed by atoms with E-state index in [1.54, 1.807) is 18.2 Å². The fraction of sp³-hybridized carbons (Fsp3) is 0.316. The minimum atomic E-state index is -0.371. The van der Waals surface area contributed by atoms with Crippen molar-refractivity contribution in [1.29, 1.82) is 0 Å². The minimum Gasteiger partial charge on any atom is -0.323 e. The molecule has 2 N–H and O–H groups in total. The van der Waals surface area contributed by atoms with Crippen LogP contribution in [0.2, 0.25) is 10.0 Å². The largest absolute Gasteiger partial charge is 0.323 e. The van der Waals surface area contributed by atoms with E-state index in [9.17, 15) is 4.79 Å². The molecule has 5 heteroatoms. The molecule has 0 bridgehead atoms. The van der Waals surface area contributed by atoms with Crippen LogP contribution in [0.3, 0.4) is 0 Å². The lowest BCUT2D eigenvalue weighted by Crippen LogP contribution is -2.41. The Hall–Kier alpha value is -1.55. The van der Waals surface area contributed by atoms with E-state index >= 15 is 0 Å². The number of halogens is 2. The van der Waals surface area contributed by atoms with Crippen LogP contribution in [0, 0.1) is 5.92 Å². The summed E-state index contributed by atoms with van der Waals surface area (Å²) in [6.45, 7) is 6.11. The van der Waals surface area contributed by atoms with Crippen molar-refractivity contribution in [1.82, 2.24) is 5.32 Å². The first kappa shape index (κ1) is 18.8. The Morgan fingerprint density at radius 3 is 2.25 bits per heavy atom. The van der Waals surface area contributed by atoms with E-state index in [2.05, 4.69) is 36.6 Å².